The number of ether oxygens (including phenoxy) is 2. The van der Waals surface area contributed by atoms with Gasteiger partial charge in [-0.05, 0) is 23.4 Å². The molecule has 28 heavy (non-hydrogen) atoms. The minimum absolute atomic E-state index is 0.187. The second-order valence-corrected chi connectivity index (χ2v) is 7.32. The molecule has 8 heteroatoms. The number of hydrogen-bond donors (Lipinski definition) is 2. The van der Waals surface area contributed by atoms with Gasteiger partial charge in [-0.3, -0.25) is 9.59 Å². The van der Waals surface area contributed by atoms with E-state index in [1.807, 2.05) is 18.2 Å². The molecule has 1 aromatic carbocycles. The summed E-state index contributed by atoms with van der Waals surface area (Å²) < 4.78 is 10.3. The molecule has 0 aliphatic rings. The van der Waals surface area contributed by atoms with Crippen molar-refractivity contribution >= 4 is 29.1 Å². The number of thiophene rings is 1. The van der Waals surface area contributed by atoms with Crippen LogP contribution < -0.4 is 15.4 Å². The number of amides is 2. The van der Waals surface area contributed by atoms with Crippen LogP contribution in [0.2, 0.25) is 0 Å². The maximum absolute atomic E-state index is 12.3. The third-order valence-electron chi connectivity index (χ3n) is 3.97. The topological polar surface area (TPSA) is 93.7 Å². The van der Waals surface area contributed by atoms with Crippen LogP contribution in [0, 0.1) is 5.92 Å². The predicted molar refractivity (Wildman–Crippen MR) is 106 cm³/mol. The summed E-state index contributed by atoms with van der Waals surface area (Å²) in [6.45, 7) is 3.42. The molecule has 0 bridgehead atoms. The Hall–Kier alpha value is -2.87. The van der Waals surface area contributed by atoms with Crippen molar-refractivity contribution in [2.45, 2.75) is 26.4 Å². The van der Waals surface area contributed by atoms with Gasteiger partial charge in [0.25, 0.3) is 11.8 Å². The van der Waals surface area contributed by atoms with Crippen LogP contribution in [-0.4, -0.2) is 37.5 Å². The lowest BCUT2D eigenvalue weighted by Crippen LogP contribution is -2.46. The van der Waals surface area contributed by atoms with Gasteiger partial charge in [0, 0.05) is 12.1 Å². The Morgan fingerprint density at radius 1 is 1.11 bits per heavy atom. The van der Waals surface area contributed by atoms with E-state index in [9.17, 15) is 14.4 Å². The average Bonchev–Trinajstić information content (AvgIpc) is 3.23. The summed E-state index contributed by atoms with van der Waals surface area (Å²) in [5.41, 5.74) is 0.813. The highest BCUT2D eigenvalue weighted by atomic mass is 32.1. The zero-order valence-electron chi connectivity index (χ0n) is 16.1. The Labute approximate surface area is 168 Å². The Balaban J connectivity index is 1.84. The summed E-state index contributed by atoms with van der Waals surface area (Å²) in [4.78, 5) is 37.0. The van der Waals surface area contributed by atoms with Gasteiger partial charge in [0.1, 0.15) is 11.8 Å². The minimum atomic E-state index is -0.836. The molecule has 2 rings (SSSR count). The van der Waals surface area contributed by atoms with Crippen LogP contribution in [0.5, 0.6) is 5.75 Å². The summed E-state index contributed by atoms with van der Waals surface area (Å²) >= 11 is 1.28. The number of carbonyl (C=O) groups excluding carboxylic acids is 3. The van der Waals surface area contributed by atoms with Gasteiger partial charge in [0.2, 0.25) is 0 Å². The van der Waals surface area contributed by atoms with Crippen LogP contribution in [0.1, 0.15) is 29.1 Å². The highest BCUT2D eigenvalue weighted by Crippen LogP contribution is 2.16. The van der Waals surface area contributed by atoms with E-state index >= 15 is 0 Å². The molecule has 1 heterocycles. The van der Waals surface area contributed by atoms with Crippen LogP contribution in [0.25, 0.3) is 0 Å². The van der Waals surface area contributed by atoms with Gasteiger partial charge in [-0.1, -0.05) is 38.1 Å². The van der Waals surface area contributed by atoms with E-state index in [4.69, 9.17) is 9.47 Å². The van der Waals surface area contributed by atoms with Gasteiger partial charge in [-0.25, -0.2) is 4.79 Å². The average molecular weight is 404 g/mol. The van der Waals surface area contributed by atoms with Crippen LogP contribution in [0.3, 0.4) is 0 Å². The number of carbonyl (C=O) groups is 3. The van der Waals surface area contributed by atoms with E-state index in [0.717, 1.165) is 5.56 Å². The lowest BCUT2D eigenvalue weighted by molar-refractivity contribution is -0.151. The third-order valence-corrected chi connectivity index (χ3v) is 4.83. The zero-order valence-corrected chi connectivity index (χ0v) is 16.9. The Kier molecular flexibility index (Phi) is 8.01. The fourth-order valence-electron chi connectivity index (χ4n) is 2.44. The van der Waals surface area contributed by atoms with Crippen molar-refractivity contribution in [3.8, 4) is 5.75 Å². The molecule has 0 radical (unpaired) electrons. The fraction of sp³-hybridized carbons (Fsp3) is 0.350. The van der Waals surface area contributed by atoms with E-state index in [1.165, 1.54) is 11.3 Å². The summed E-state index contributed by atoms with van der Waals surface area (Å²) in [5, 5.41) is 7.12. The highest BCUT2D eigenvalue weighted by molar-refractivity contribution is 7.12. The fourth-order valence-corrected chi connectivity index (χ4v) is 3.07. The van der Waals surface area contributed by atoms with Gasteiger partial charge >= 0.3 is 5.97 Å². The molecule has 1 aromatic heterocycles. The number of esters is 1. The van der Waals surface area contributed by atoms with Crippen molar-refractivity contribution in [3.63, 3.8) is 0 Å². The number of benzene rings is 1. The number of nitrogens with one attached hydrogen (secondary N) is 2. The van der Waals surface area contributed by atoms with Gasteiger partial charge in [0.15, 0.2) is 6.61 Å². The van der Waals surface area contributed by atoms with Gasteiger partial charge < -0.3 is 20.1 Å². The molecule has 7 nitrogen and oxygen atoms in total. The normalized spacial score (nSPS) is 11.6. The molecule has 2 N–H and O–H groups in total. The Bertz CT molecular complexity index is 805. The van der Waals surface area contributed by atoms with Crippen molar-refractivity contribution in [1.29, 1.82) is 0 Å². The third kappa shape index (κ3) is 6.09. The largest absolute Gasteiger partial charge is 0.496 e. The molecule has 0 saturated carbocycles. The molecule has 0 aliphatic carbocycles. The number of rotatable bonds is 9. The van der Waals surface area contributed by atoms with Gasteiger partial charge in [-0.2, -0.15) is 0 Å². The molecule has 2 amide bonds. The monoisotopic (exact) mass is 404 g/mol. The Morgan fingerprint density at radius 2 is 1.86 bits per heavy atom. The van der Waals surface area contributed by atoms with E-state index in [2.05, 4.69) is 10.6 Å². The van der Waals surface area contributed by atoms with Crippen LogP contribution in [0.4, 0.5) is 0 Å². The lowest BCUT2D eigenvalue weighted by Gasteiger charge is -2.20. The van der Waals surface area contributed by atoms with Crippen molar-refractivity contribution in [2.75, 3.05) is 13.7 Å². The molecule has 150 valence electrons. The summed E-state index contributed by atoms with van der Waals surface area (Å²) in [6, 6.07) is 9.90. The molecule has 0 unspecified atom stereocenters. The second kappa shape index (κ2) is 10.5. The van der Waals surface area contributed by atoms with E-state index in [0.29, 0.717) is 10.6 Å². The molecule has 0 spiro atoms. The highest BCUT2D eigenvalue weighted by Gasteiger charge is 2.27. The Morgan fingerprint density at radius 3 is 2.50 bits per heavy atom. The first kappa shape index (κ1) is 21.4. The van der Waals surface area contributed by atoms with Crippen molar-refractivity contribution < 1.29 is 23.9 Å². The zero-order chi connectivity index (χ0) is 20.5. The number of hydrogen-bond acceptors (Lipinski definition) is 6. The first-order chi connectivity index (χ1) is 13.4. The molecule has 1 atom stereocenters. The molecular weight excluding hydrogens is 380 g/mol. The maximum atomic E-state index is 12.3. The smallest absolute Gasteiger partial charge is 0.329 e. The van der Waals surface area contributed by atoms with Crippen LogP contribution in [-0.2, 0) is 20.9 Å². The van der Waals surface area contributed by atoms with E-state index in [1.54, 1.807) is 44.5 Å². The molecule has 2 aromatic rings. The maximum Gasteiger partial charge on any atom is 0.329 e. The van der Waals surface area contributed by atoms with Crippen molar-refractivity contribution in [1.82, 2.24) is 10.6 Å². The standard InChI is InChI=1S/C20H24N2O5S/c1-13(2)18(22-19(24)16-9-6-10-28-16)20(25)27-12-17(23)21-11-14-7-4-5-8-15(14)26-3/h4-10,13,18H,11-12H2,1-3H3,(H,21,23)(H,22,24)/t18-/m1/s1. The quantitative estimate of drug-likeness (QED) is 0.626. The van der Waals surface area contributed by atoms with Crippen molar-refractivity contribution in [3.05, 3.63) is 52.2 Å². The van der Waals surface area contributed by atoms with Crippen molar-refractivity contribution in [2.24, 2.45) is 5.92 Å². The van der Waals surface area contributed by atoms with E-state index < -0.39 is 24.5 Å². The lowest BCUT2D eigenvalue weighted by atomic mass is 10.0. The van der Waals surface area contributed by atoms with Gasteiger partial charge in [-0.15, -0.1) is 11.3 Å². The minimum Gasteiger partial charge on any atom is -0.496 e. The first-order valence-corrected chi connectivity index (χ1v) is 9.70. The molecular formula is C20H24N2O5S. The number of methoxy groups -OCH3 is 1. The van der Waals surface area contributed by atoms with E-state index in [-0.39, 0.29) is 18.4 Å². The molecule has 0 fully saturated rings. The second-order valence-electron chi connectivity index (χ2n) is 6.37. The first-order valence-electron chi connectivity index (χ1n) is 8.82. The predicted octanol–water partition coefficient (Wildman–Crippen LogP) is 2.37. The molecule has 0 saturated heterocycles. The summed E-state index contributed by atoms with van der Waals surface area (Å²) in [6.07, 6.45) is 0. The van der Waals surface area contributed by atoms with Crippen LogP contribution in [0.15, 0.2) is 41.8 Å². The summed E-state index contributed by atoms with van der Waals surface area (Å²) in [7, 11) is 1.55. The molecule has 0 aliphatic heterocycles. The number of para-hydroxylation sites is 1. The van der Waals surface area contributed by atoms with Gasteiger partial charge in [0.05, 0.1) is 12.0 Å². The SMILES string of the molecule is COc1ccccc1CNC(=O)COC(=O)[C@H](NC(=O)c1cccs1)C(C)C. The van der Waals surface area contributed by atoms with Crippen LogP contribution >= 0.6 is 11.3 Å². The summed E-state index contributed by atoms with van der Waals surface area (Å²) in [5.74, 6) is -0.950.